The van der Waals surface area contributed by atoms with Crippen LogP contribution in [-0.4, -0.2) is 48.6 Å². The van der Waals surface area contributed by atoms with Crippen LogP contribution < -0.4 is 15.4 Å². The fourth-order valence-corrected chi connectivity index (χ4v) is 4.60. The van der Waals surface area contributed by atoms with Crippen molar-refractivity contribution in [3.63, 3.8) is 0 Å². The molecule has 0 aliphatic carbocycles. The fraction of sp³-hybridized carbons (Fsp3) is 0.531. The van der Waals surface area contributed by atoms with Crippen LogP contribution in [0.5, 0.6) is 5.75 Å². The molecule has 3 amide bonds. The van der Waals surface area contributed by atoms with Gasteiger partial charge in [0.1, 0.15) is 23.9 Å². The van der Waals surface area contributed by atoms with Gasteiger partial charge in [-0.1, -0.05) is 57.2 Å². The van der Waals surface area contributed by atoms with Crippen molar-refractivity contribution in [2.45, 2.75) is 91.7 Å². The van der Waals surface area contributed by atoms with E-state index in [-0.39, 0.29) is 18.4 Å². The SMILES string of the molecule is CCCCCCCCN(C(=O)CNC(=O)OC(C)(C)C)C(C(=O)Nc1ccc(OC)cc1)c1c(C)cccc1C. The van der Waals surface area contributed by atoms with Gasteiger partial charge >= 0.3 is 6.09 Å². The minimum atomic E-state index is -0.883. The van der Waals surface area contributed by atoms with Crippen LogP contribution in [0.4, 0.5) is 10.5 Å². The first kappa shape index (κ1) is 32.7. The van der Waals surface area contributed by atoms with Gasteiger partial charge in [0.2, 0.25) is 5.91 Å². The van der Waals surface area contributed by atoms with Gasteiger partial charge in [-0.25, -0.2) is 4.79 Å². The van der Waals surface area contributed by atoms with Gasteiger partial charge < -0.3 is 25.0 Å². The zero-order valence-corrected chi connectivity index (χ0v) is 25.3. The summed E-state index contributed by atoms with van der Waals surface area (Å²) < 4.78 is 10.6. The van der Waals surface area contributed by atoms with E-state index in [0.29, 0.717) is 18.0 Å². The molecule has 8 heteroatoms. The Morgan fingerprint density at radius 2 is 1.50 bits per heavy atom. The number of alkyl carbamates (subject to hydrolysis) is 1. The van der Waals surface area contributed by atoms with E-state index in [9.17, 15) is 14.4 Å². The van der Waals surface area contributed by atoms with Crippen LogP contribution in [0.25, 0.3) is 0 Å². The van der Waals surface area contributed by atoms with Crippen molar-refractivity contribution in [1.29, 1.82) is 0 Å². The predicted octanol–water partition coefficient (Wildman–Crippen LogP) is 6.71. The number of ether oxygens (including phenoxy) is 2. The molecule has 40 heavy (non-hydrogen) atoms. The first-order chi connectivity index (χ1) is 19.0. The van der Waals surface area contributed by atoms with E-state index in [0.717, 1.165) is 48.8 Å². The average molecular weight is 554 g/mol. The molecule has 220 valence electrons. The van der Waals surface area contributed by atoms with E-state index in [1.165, 1.54) is 6.42 Å². The van der Waals surface area contributed by atoms with Gasteiger partial charge in [0.25, 0.3) is 5.91 Å². The third-order valence-electron chi connectivity index (χ3n) is 6.59. The van der Waals surface area contributed by atoms with Crippen molar-refractivity contribution < 1.29 is 23.9 Å². The normalized spacial score (nSPS) is 11.9. The molecule has 0 aromatic heterocycles. The van der Waals surface area contributed by atoms with Crippen molar-refractivity contribution in [3.8, 4) is 5.75 Å². The molecule has 0 aliphatic heterocycles. The molecule has 0 fully saturated rings. The maximum Gasteiger partial charge on any atom is 0.408 e. The topological polar surface area (TPSA) is 97.0 Å². The Labute approximate surface area is 239 Å². The average Bonchev–Trinajstić information content (AvgIpc) is 2.89. The molecule has 0 radical (unpaired) electrons. The van der Waals surface area contributed by atoms with E-state index in [1.807, 2.05) is 32.0 Å². The summed E-state index contributed by atoms with van der Waals surface area (Å²) in [5.41, 5.74) is 2.52. The minimum absolute atomic E-state index is 0.276. The highest BCUT2D eigenvalue weighted by atomic mass is 16.6. The zero-order chi connectivity index (χ0) is 29.7. The molecule has 8 nitrogen and oxygen atoms in total. The number of rotatable bonds is 14. The second-order valence-corrected chi connectivity index (χ2v) is 11.1. The van der Waals surface area contributed by atoms with Gasteiger partial charge in [-0.05, 0) is 82.0 Å². The molecule has 1 atom stereocenters. The van der Waals surface area contributed by atoms with Crippen molar-refractivity contribution in [2.75, 3.05) is 25.5 Å². The van der Waals surface area contributed by atoms with Gasteiger partial charge in [-0.15, -0.1) is 0 Å². The van der Waals surface area contributed by atoms with Crippen molar-refractivity contribution in [3.05, 3.63) is 59.2 Å². The second-order valence-electron chi connectivity index (χ2n) is 11.1. The third kappa shape index (κ3) is 10.5. The number of hydrogen-bond acceptors (Lipinski definition) is 5. The van der Waals surface area contributed by atoms with Crippen molar-refractivity contribution in [2.24, 2.45) is 0 Å². The number of methoxy groups -OCH3 is 1. The summed E-state index contributed by atoms with van der Waals surface area (Å²) in [5, 5.41) is 5.57. The summed E-state index contributed by atoms with van der Waals surface area (Å²) >= 11 is 0. The lowest BCUT2D eigenvalue weighted by atomic mass is 9.93. The maximum atomic E-state index is 14.0. The third-order valence-corrected chi connectivity index (χ3v) is 6.59. The van der Waals surface area contributed by atoms with E-state index in [2.05, 4.69) is 17.6 Å². The first-order valence-electron chi connectivity index (χ1n) is 14.2. The second kappa shape index (κ2) is 15.9. The summed E-state index contributed by atoms with van der Waals surface area (Å²) in [6, 6.07) is 12.0. The zero-order valence-electron chi connectivity index (χ0n) is 25.3. The largest absolute Gasteiger partial charge is 0.497 e. The number of benzene rings is 2. The van der Waals surface area contributed by atoms with Crippen LogP contribution in [0.3, 0.4) is 0 Å². The Kier molecular flexibility index (Phi) is 13.0. The lowest BCUT2D eigenvalue weighted by Crippen LogP contribution is -2.47. The van der Waals surface area contributed by atoms with Crippen molar-refractivity contribution >= 4 is 23.6 Å². The summed E-state index contributed by atoms with van der Waals surface area (Å²) in [4.78, 5) is 41.6. The number of unbranched alkanes of at least 4 members (excludes halogenated alkanes) is 5. The maximum absolute atomic E-state index is 14.0. The Morgan fingerprint density at radius 3 is 2.08 bits per heavy atom. The molecule has 0 spiro atoms. The predicted molar refractivity (Wildman–Crippen MR) is 160 cm³/mol. The molecular formula is C32H47N3O5. The summed E-state index contributed by atoms with van der Waals surface area (Å²) in [6.45, 7) is 11.5. The van der Waals surface area contributed by atoms with Crippen molar-refractivity contribution in [1.82, 2.24) is 10.2 Å². The van der Waals surface area contributed by atoms with Crippen LogP contribution in [-0.2, 0) is 14.3 Å². The van der Waals surface area contributed by atoms with Gasteiger partial charge in [0.05, 0.1) is 7.11 Å². The van der Waals surface area contributed by atoms with Gasteiger partial charge in [0.15, 0.2) is 0 Å². The molecular weight excluding hydrogens is 506 g/mol. The molecule has 0 saturated heterocycles. The van der Waals surface area contributed by atoms with E-state index in [1.54, 1.807) is 57.0 Å². The number of aryl methyl sites for hydroxylation is 2. The van der Waals surface area contributed by atoms with E-state index >= 15 is 0 Å². The smallest absolute Gasteiger partial charge is 0.408 e. The van der Waals surface area contributed by atoms with Crippen LogP contribution in [0.15, 0.2) is 42.5 Å². The molecule has 1 unspecified atom stereocenters. The van der Waals surface area contributed by atoms with Crippen LogP contribution in [0.1, 0.15) is 89.0 Å². The number of nitrogens with one attached hydrogen (secondary N) is 2. The first-order valence-corrected chi connectivity index (χ1v) is 14.2. The Morgan fingerprint density at radius 1 is 0.900 bits per heavy atom. The monoisotopic (exact) mass is 553 g/mol. The number of carbonyl (C=O) groups excluding carboxylic acids is 3. The highest BCUT2D eigenvalue weighted by Crippen LogP contribution is 2.30. The Bertz CT molecular complexity index is 1090. The standard InChI is InChI=1S/C32H47N3O5/c1-8-9-10-11-12-13-21-35(27(36)22-33-31(38)40-32(4,5)6)29(28-23(2)15-14-16-24(28)3)30(37)34-25-17-19-26(39-7)20-18-25/h14-20,29H,8-13,21-22H2,1-7H3,(H,33,38)(H,34,37). The highest BCUT2D eigenvalue weighted by Gasteiger charge is 2.33. The minimum Gasteiger partial charge on any atom is -0.497 e. The van der Waals surface area contributed by atoms with Crippen LogP contribution in [0, 0.1) is 13.8 Å². The number of anilines is 1. The van der Waals surface area contributed by atoms with E-state index in [4.69, 9.17) is 9.47 Å². The highest BCUT2D eigenvalue weighted by molar-refractivity contribution is 5.98. The molecule has 2 aromatic carbocycles. The Balaban J connectivity index is 2.39. The van der Waals surface area contributed by atoms with E-state index < -0.39 is 17.7 Å². The van der Waals surface area contributed by atoms with Crippen LogP contribution >= 0.6 is 0 Å². The molecule has 0 heterocycles. The van der Waals surface area contributed by atoms with Gasteiger partial charge in [0, 0.05) is 12.2 Å². The molecule has 2 rings (SSSR count). The number of hydrogen-bond donors (Lipinski definition) is 2. The lowest BCUT2D eigenvalue weighted by Gasteiger charge is -2.33. The summed E-state index contributed by atoms with van der Waals surface area (Å²) in [6.07, 6.45) is 5.56. The number of carbonyl (C=O) groups is 3. The summed E-state index contributed by atoms with van der Waals surface area (Å²) in [7, 11) is 1.58. The summed E-state index contributed by atoms with van der Waals surface area (Å²) in [5.74, 6) is 0.00788. The fourth-order valence-electron chi connectivity index (χ4n) is 4.60. The lowest BCUT2D eigenvalue weighted by molar-refractivity contribution is -0.138. The van der Waals surface area contributed by atoms with Gasteiger partial charge in [-0.3, -0.25) is 9.59 Å². The molecule has 2 aromatic rings. The molecule has 0 bridgehead atoms. The number of amides is 3. The number of nitrogens with zero attached hydrogens (tertiary/aromatic N) is 1. The molecule has 0 saturated carbocycles. The quantitative estimate of drug-likeness (QED) is 0.254. The van der Waals surface area contributed by atoms with Gasteiger partial charge in [-0.2, -0.15) is 0 Å². The molecule has 0 aliphatic rings. The Hall–Kier alpha value is -3.55. The van der Waals surface area contributed by atoms with Crippen LogP contribution in [0.2, 0.25) is 0 Å². The molecule has 2 N–H and O–H groups in total.